The van der Waals surface area contributed by atoms with E-state index in [0.717, 1.165) is 15.1 Å². The summed E-state index contributed by atoms with van der Waals surface area (Å²) in [6.45, 7) is 0. The first-order chi connectivity index (χ1) is 12.8. The lowest BCUT2D eigenvalue weighted by atomic mass is 10.3. The maximum absolute atomic E-state index is 5.24. The number of benzene rings is 2. The lowest BCUT2D eigenvalue weighted by molar-refractivity contribution is 0.335. The molecule has 3 rings (SSSR count). The van der Waals surface area contributed by atoms with Crippen LogP contribution in [0, 0.1) is 0 Å². The summed E-state index contributed by atoms with van der Waals surface area (Å²) >= 11 is 4.78. The van der Waals surface area contributed by atoms with Gasteiger partial charge < -0.3 is 9.57 Å². The summed E-state index contributed by atoms with van der Waals surface area (Å²) in [4.78, 5) is 18.5. The smallest absolute Gasteiger partial charge is 0.219 e. The largest absolute Gasteiger partial charge is 0.442 e. The van der Waals surface area contributed by atoms with Gasteiger partial charge in [-0.2, -0.15) is 0 Å². The van der Waals surface area contributed by atoms with Gasteiger partial charge in [0.2, 0.25) is 12.8 Å². The Bertz CT molecular complexity index is 872. The third-order valence-electron chi connectivity index (χ3n) is 2.93. The molecule has 0 aliphatic heterocycles. The highest BCUT2D eigenvalue weighted by atomic mass is 79.9. The molecule has 0 atom stereocenters. The van der Waals surface area contributed by atoms with Crippen LogP contribution in [0.5, 0.6) is 5.75 Å². The summed E-state index contributed by atoms with van der Waals surface area (Å²) in [5.41, 5.74) is 0.741. The van der Waals surface area contributed by atoms with E-state index in [1.165, 1.54) is 24.6 Å². The van der Waals surface area contributed by atoms with Crippen LogP contribution in [0.3, 0.4) is 0 Å². The number of hydrogen-bond acceptors (Lipinski definition) is 7. The molecule has 26 heavy (non-hydrogen) atoms. The molecule has 8 heteroatoms. The first-order valence-electron chi connectivity index (χ1n) is 7.47. The van der Waals surface area contributed by atoms with Gasteiger partial charge in [-0.05, 0) is 69.2 Å². The van der Waals surface area contributed by atoms with Crippen molar-refractivity contribution in [3.63, 3.8) is 0 Å². The molecule has 0 saturated heterocycles. The van der Waals surface area contributed by atoms with Gasteiger partial charge in [-0.25, -0.2) is 15.0 Å². The summed E-state index contributed by atoms with van der Waals surface area (Å²) < 4.78 is 6.09. The van der Waals surface area contributed by atoms with Gasteiger partial charge in [0.25, 0.3) is 0 Å². The fraction of sp³-hybridized carbons (Fsp3) is 0. The molecule has 0 N–H and O–H groups in total. The minimum absolute atomic E-state index is 0.680. The number of para-hydroxylation sites is 1. The Kier molecular flexibility index (Phi) is 6.74. The van der Waals surface area contributed by atoms with Crippen LogP contribution in [0.2, 0.25) is 0 Å². The van der Waals surface area contributed by atoms with E-state index in [1.54, 1.807) is 12.4 Å². The van der Waals surface area contributed by atoms with Gasteiger partial charge in [0, 0.05) is 17.3 Å². The normalized spacial score (nSPS) is 11.1. The molecule has 0 radical (unpaired) electrons. The van der Waals surface area contributed by atoms with Crippen LogP contribution in [0.4, 0.5) is 5.69 Å². The van der Waals surface area contributed by atoms with Crippen molar-refractivity contribution in [1.29, 1.82) is 0 Å². The fourth-order valence-corrected chi connectivity index (χ4v) is 2.68. The van der Waals surface area contributed by atoms with E-state index in [-0.39, 0.29) is 0 Å². The van der Waals surface area contributed by atoms with Gasteiger partial charge in [-0.3, -0.25) is 0 Å². The lowest BCUT2D eigenvalue weighted by Gasteiger charge is -2.00. The van der Waals surface area contributed by atoms with Crippen molar-refractivity contribution < 1.29 is 9.57 Å². The molecular weight excluding hydrogens is 416 g/mol. The third kappa shape index (κ3) is 5.98. The number of halogens is 1. The monoisotopic (exact) mass is 428 g/mol. The Hall–Kier alpha value is -2.71. The predicted octanol–water partition coefficient (Wildman–Crippen LogP) is 5.09. The summed E-state index contributed by atoms with van der Waals surface area (Å²) in [5.74, 6) is 0.680. The first kappa shape index (κ1) is 18.1. The van der Waals surface area contributed by atoms with E-state index in [4.69, 9.17) is 9.57 Å². The molecule has 1 aromatic heterocycles. The Balaban J connectivity index is 1.46. The van der Waals surface area contributed by atoms with Gasteiger partial charge >= 0.3 is 0 Å². The second kappa shape index (κ2) is 9.69. The molecule has 130 valence electrons. The third-order valence-corrected chi connectivity index (χ3v) is 4.24. The topological polar surface area (TPSA) is 69.0 Å². The molecule has 0 spiro atoms. The molecule has 0 aliphatic carbocycles. The van der Waals surface area contributed by atoms with Gasteiger partial charge in [-0.1, -0.05) is 18.2 Å². The lowest BCUT2D eigenvalue weighted by Crippen LogP contribution is -1.90. The van der Waals surface area contributed by atoms with Crippen LogP contribution < -0.4 is 4.74 Å². The van der Waals surface area contributed by atoms with Crippen LogP contribution in [-0.4, -0.2) is 22.8 Å². The van der Waals surface area contributed by atoms with Crippen molar-refractivity contribution in [1.82, 2.24) is 9.97 Å². The zero-order chi connectivity index (χ0) is 18.0. The molecule has 0 saturated carbocycles. The molecule has 0 fully saturated rings. The summed E-state index contributed by atoms with van der Waals surface area (Å²) in [5, 5.41) is 4.32. The second-order valence-electron chi connectivity index (χ2n) is 4.76. The number of aromatic nitrogens is 2. The zero-order valence-electron chi connectivity index (χ0n) is 13.4. The van der Waals surface area contributed by atoms with Crippen molar-refractivity contribution >= 4 is 46.2 Å². The molecule has 0 aliphatic rings. The Morgan fingerprint density at radius 2 is 1.65 bits per heavy atom. The maximum Gasteiger partial charge on any atom is 0.219 e. The van der Waals surface area contributed by atoms with Gasteiger partial charge in [-0.15, -0.1) is 0 Å². The molecule has 0 unspecified atom stereocenters. The average molecular weight is 429 g/mol. The number of rotatable bonds is 7. The molecule has 6 nitrogen and oxygen atoms in total. The number of hydrogen-bond donors (Lipinski definition) is 0. The Morgan fingerprint density at radius 1 is 0.923 bits per heavy atom. The van der Waals surface area contributed by atoms with Crippen molar-refractivity contribution in [2.24, 2.45) is 10.1 Å². The average Bonchev–Trinajstić information content (AvgIpc) is 2.68. The Labute approximate surface area is 163 Å². The van der Waals surface area contributed by atoms with Gasteiger partial charge in [0.15, 0.2) is 5.16 Å². The molecular formula is C18H13BrN4O2S. The van der Waals surface area contributed by atoms with Gasteiger partial charge in [0.05, 0.1) is 10.2 Å². The molecule has 0 amide bonds. The van der Waals surface area contributed by atoms with Gasteiger partial charge in [0.1, 0.15) is 5.75 Å². The van der Waals surface area contributed by atoms with E-state index in [1.807, 2.05) is 54.6 Å². The number of ether oxygens (including phenoxy) is 1. The van der Waals surface area contributed by atoms with Crippen LogP contribution >= 0.6 is 27.7 Å². The summed E-state index contributed by atoms with van der Waals surface area (Å²) in [7, 11) is 0. The summed E-state index contributed by atoms with van der Waals surface area (Å²) in [6.07, 6.45) is 5.88. The van der Waals surface area contributed by atoms with Crippen molar-refractivity contribution in [2.75, 3.05) is 0 Å². The highest BCUT2D eigenvalue weighted by Crippen LogP contribution is 2.26. The maximum atomic E-state index is 5.24. The number of aliphatic imine (C=N–C) groups is 1. The van der Waals surface area contributed by atoms with E-state index in [2.05, 4.69) is 36.0 Å². The van der Waals surface area contributed by atoms with Crippen LogP contribution in [0.15, 0.2) is 91.7 Å². The highest BCUT2D eigenvalue weighted by Gasteiger charge is 2.00. The zero-order valence-corrected chi connectivity index (χ0v) is 15.8. The van der Waals surface area contributed by atoms with Crippen LogP contribution in [0.1, 0.15) is 0 Å². The molecule has 2 aromatic carbocycles. The van der Waals surface area contributed by atoms with E-state index in [0.29, 0.717) is 10.9 Å². The van der Waals surface area contributed by atoms with Crippen LogP contribution in [0.25, 0.3) is 0 Å². The fourth-order valence-electron chi connectivity index (χ4n) is 1.78. The van der Waals surface area contributed by atoms with Crippen LogP contribution in [-0.2, 0) is 4.84 Å². The van der Waals surface area contributed by atoms with E-state index < -0.39 is 0 Å². The van der Waals surface area contributed by atoms with Crippen molar-refractivity contribution in [2.45, 2.75) is 10.1 Å². The number of nitrogens with zero attached hydrogens (tertiary/aromatic N) is 4. The standard InChI is InChI=1S/C18H13BrN4O2S/c19-14-10-20-18(21-11-14)26-17-8-6-15(7-9-17)22-12-25-23-13-24-16-4-2-1-3-5-16/h1-13H/b22-12?,23-13+. The minimum Gasteiger partial charge on any atom is -0.442 e. The first-order valence-corrected chi connectivity index (χ1v) is 9.08. The van der Waals surface area contributed by atoms with Crippen molar-refractivity contribution in [3.05, 3.63) is 71.5 Å². The van der Waals surface area contributed by atoms with Crippen molar-refractivity contribution in [3.8, 4) is 5.75 Å². The van der Waals surface area contributed by atoms with E-state index >= 15 is 0 Å². The molecule has 1 heterocycles. The predicted molar refractivity (Wildman–Crippen MR) is 105 cm³/mol. The molecule has 0 bridgehead atoms. The number of oxime groups is 1. The highest BCUT2D eigenvalue weighted by molar-refractivity contribution is 9.10. The van der Waals surface area contributed by atoms with E-state index in [9.17, 15) is 0 Å². The molecule has 3 aromatic rings. The minimum atomic E-state index is 0.680. The Morgan fingerprint density at radius 3 is 2.38 bits per heavy atom. The summed E-state index contributed by atoms with van der Waals surface area (Å²) in [6, 6.07) is 16.9. The SMILES string of the molecule is Brc1cnc(Sc2ccc(N=CO/N=C/Oc3ccccc3)cc2)nc1. The quantitative estimate of drug-likeness (QED) is 0.227. The second-order valence-corrected chi connectivity index (χ2v) is 6.72.